The molecular weight excluding hydrogens is 292 g/mol. The maximum Gasteiger partial charge on any atom is 0.244 e. The number of hydrogen-bond acceptors (Lipinski definition) is 2. The van der Waals surface area contributed by atoms with Crippen LogP contribution in [0.5, 0.6) is 0 Å². The van der Waals surface area contributed by atoms with Gasteiger partial charge in [-0.1, -0.05) is 28.9 Å². The van der Waals surface area contributed by atoms with E-state index in [2.05, 4.69) is 21.2 Å². The molecule has 1 aromatic rings. The van der Waals surface area contributed by atoms with Gasteiger partial charge in [-0.3, -0.25) is 4.79 Å². The van der Waals surface area contributed by atoms with Gasteiger partial charge in [-0.2, -0.15) is 0 Å². The Bertz CT molecular complexity index is 445. The van der Waals surface area contributed by atoms with Gasteiger partial charge in [-0.25, -0.2) is 0 Å². The second kappa shape index (κ2) is 5.85. The number of anilines is 1. The predicted octanol–water partition coefficient (Wildman–Crippen LogP) is 2.86. The predicted molar refractivity (Wildman–Crippen MR) is 77.9 cm³/mol. The molecule has 18 heavy (non-hydrogen) atoms. The fraction of sp³-hybridized carbons (Fsp3) is 0.500. The highest BCUT2D eigenvalue weighted by Gasteiger charge is 2.28. The van der Waals surface area contributed by atoms with Crippen LogP contribution in [0.1, 0.15) is 25.3 Å². The van der Waals surface area contributed by atoms with Crippen LogP contribution in [-0.2, 0) is 4.79 Å². The summed E-state index contributed by atoms with van der Waals surface area (Å²) in [6, 6.07) is 6.07. The molecule has 3 nitrogen and oxygen atoms in total. The quantitative estimate of drug-likeness (QED) is 0.931. The van der Waals surface area contributed by atoms with Crippen molar-refractivity contribution in [2.24, 2.45) is 0 Å². The molecule has 2 rings (SSSR count). The maximum absolute atomic E-state index is 12.4. The van der Waals surface area contributed by atoms with Crippen LogP contribution < -0.4 is 10.2 Å². The first-order valence-corrected chi connectivity index (χ1v) is 7.23. The number of likely N-dealkylation sites (N-methyl/N-ethyl adjacent to an activating group) is 1. The second-order valence-corrected chi connectivity index (χ2v) is 5.53. The Morgan fingerprint density at radius 2 is 2.28 bits per heavy atom. The summed E-state index contributed by atoms with van der Waals surface area (Å²) in [6.45, 7) is 5.74. The van der Waals surface area contributed by atoms with Crippen LogP contribution in [-0.4, -0.2) is 25.0 Å². The number of aryl methyl sites for hydroxylation is 1. The number of halogens is 1. The molecule has 0 aromatic heterocycles. The molecular formula is C14H19BrN2O. The van der Waals surface area contributed by atoms with E-state index in [1.165, 1.54) is 5.56 Å². The van der Waals surface area contributed by atoms with Gasteiger partial charge in [0.2, 0.25) is 5.91 Å². The number of piperidine rings is 1. The zero-order valence-electron chi connectivity index (χ0n) is 10.9. The third-order valence-corrected chi connectivity index (χ3v) is 4.21. The molecule has 1 N–H and O–H groups in total. The SMILES string of the molecule is CCNC1CCCN(c2ccc(C)c(Br)c2)C1=O. The van der Waals surface area contributed by atoms with Gasteiger partial charge in [0.05, 0.1) is 6.04 Å². The van der Waals surface area contributed by atoms with Gasteiger partial charge >= 0.3 is 0 Å². The Balaban J connectivity index is 2.21. The summed E-state index contributed by atoms with van der Waals surface area (Å²) >= 11 is 3.52. The molecule has 0 spiro atoms. The molecule has 1 aliphatic rings. The lowest BCUT2D eigenvalue weighted by Crippen LogP contribution is -2.50. The smallest absolute Gasteiger partial charge is 0.244 e. The summed E-state index contributed by atoms with van der Waals surface area (Å²) in [5.41, 5.74) is 2.17. The lowest BCUT2D eigenvalue weighted by atomic mass is 10.0. The topological polar surface area (TPSA) is 32.3 Å². The molecule has 98 valence electrons. The molecule has 1 atom stereocenters. The van der Waals surface area contributed by atoms with Gasteiger partial charge < -0.3 is 10.2 Å². The summed E-state index contributed by atoms with van der Waals surface area (Å²) in [6.07, 6.45) is 1.99. The van der Waals surface area contributed by atoms with Gasteiger partial charge in [0.1, 0.15) is 0 Å². The van der Waals surface area contributed by atoms with Crippen molar-refractivity contribution in [2.75, 3.05) is 18.0 Å². The summed E-state index contributed by atoms with van der Waals surface area (Å²) in [5.74, 6) is 0.193. The van der Waals surface area contributed by atoms with E-state index in [4.69, 9.17) is 0 Å². The molecule has 1 saturated heterocycles. The van der Waals surface area contributed by atoms with E-state index >= 15 is 0 Å². The Morgan fingerprint density at radius 1 is 1.50 bits per heavy atom. The largest absolute Gasteiger partial charge is 0.311 e. The third kappa shape index (κ3) is 2.75. The molecule has 0 saturated carbocycles. The van der Waals surface area contributed by atoms with Gasteiger partial charge in [0, 0.05) is 16.7 Å². The fourth-order valence-corrected chi connectivity index (χ4v) is 2.68. The summed E-state index contributed by atoms with van der Waals surface area (Å²) < 4.78 is 1.05. The van der Waals surface area contributed by atoms with Crippen LogP contribution in [0.2, 0.25) is 0 Å². The zero-order valence-corrected chi connectivity index (χ0v) is 12.5. The van der Waals surface area contributed by atoms with E-state index in [1.54, 1.807) is 0 Å². The van der Waals surface area contributed by atoms with Gasteiger partial charge in [-0.05, 0) is 44.0 Å². The van der Waals surface area contributed by atoms with Crippen molar-refractivity contribution in [1.29, 1.82) is 0 Å². The molecule has 0 aliphatic carbocycles. The molecule has 1 heterocycles. The normalized spacial score (nSPS) is 20.3. The number of nitrogens with zero attached hydrogens (tertiary/aromatic N) is 1. The fourth-order valence-electron chi connectivity index (χ4n) is 2.32. The minimum atomic E-state index is -0.0242. The summed E-state index contributed by atoms with van der Waals surface area (Å²) in [7, 11) is 0. The first-order chi connectivity index (χ1) is 8.63. The van der Waals surface area contributed by atoms with Crippen molar-refractivity contribution in [3.63, 3.8) is 0 Å². The van der Waals surface area contributed by atoms with Crippen molar-refractivity contribution in [3.8, 4) is 0 Å². The second-order valence-electron chi connectivity index (χ2n) is 4.68. The molecule has 0 radical (unpaired) electrons. The van der Waals surface area contributed by atoms with E-state index in [0.717, 1.165) is 36.1 Å². The number of amides is 1. The average Bonchev–Trinajstić information content (AvgIpc) is 2.36. The number of nitrogens with one attached hydrogen (secondary N) is 1. The minimum absolute atomic E-state index is 0.0242. The van der Waals surface area contributed by atoms with E-state index in [-0.39, 0.29) is 11.9 Å². The lowest BCUT2D eigenvalue weighted by molar-refractivity contribution is -0.121. The number of rotatable bonds is 3. The maximum atomic E-state index is 12.4. The Kier molecular flexibility index (Phi) is 4.40. The Hall–Kier alpha value is -0.870. The zero-order chi connectivity index (χ0) is 13.1. The first kappa shape index (κ1) is 13.6. The monoisotopic (exact) mass is 310 g/mol. The lowest BCUT2D eigenvalue weighted by Gasteiger charge is -2.32. The van der Waals surface area contributed by atoms with Crippen molar-refractivity contribution in [1.82, 2.24) is 5.32 Å². The van der Waals surface area contributed by atoms with Gasteiger partial charge in [0.15, 0.2) is 0 Å². The van der Waals surface area contributed by atoms with E-state index < -0.39 is 0 Å². The van der Waals surface area contributed by atoms with Gasteiger partial charge in [0.25, 0.3) is 0 Å². The van der Waals surface area contributed by atoms with Crippen LogP contribution in [0.3, 0.4) is 0 Å². The first-order valence-electron chi connectivity index (χ1n) is 6.44. The van der Waals surface area contributed by atoms with Crippen molar-refractivity contribution in [2.45, 2.75) is 32.7 Å². The Labute approximate surface area is 117 Å². The third-order valence-electron chi connectivity index (χ3n) is 3.36. The summed E-state index contributed by atoms with van der Waals surface area (Å²) in [5, 5.41) is 3.26. The van der Waals surface area contributed by atoms with Crippen LogP contribution >= 0.6 is 15.9 Å². The highest BCUT2D eigenvalue weighted by Crippen LogP contribution is 2.26. The molecule has 4 heteroatoms. The van der Waals surface area contributed by atoms with Crippen molar-refractivity contribution in [3.05, 3.63) is 28.2 Å². The van der Waals surface area contributed by atoms with Gasteiger partial charge in [-0.15, -0.1) is 0 Å². The molecule has 1 aliphatic heterocycles. The van der Waals surface area contributed by atoms with Crippen LogP contribution in [0.25, 0.3) is 0 Å². The number of benzene rings is 1. The van der Waals surface area contributed by atoms with E-state index in [9.17, 15) is 4.79 Å². The minimum Gasteiger partial charge on any atom is -0.311 e. The van der Waals surface area contributed by atoms with E-state index in [0.29, 0.717) is 0 Å². The van der Waals surface area contributed by atoms with Crippen molar-refractivity contribution >= 4 is 27.5 Å². The average molecular weight is 311 g/mol. The molecule has 1 fully saturated rings. The Morgan fingerprint density at radius 3 is 2.94 bits per heavy atom. The van der Waals surface area contributed by atoms with Crippen LogP contribution in [0.4, 0.5) is 5.69 Å². The number of carbonyl (C=O) groups is 1. The molecule has 1 amide bonds. The number of hydrogen-bond donors (Lipinski definition) is 1. The molecule has 1 unspecified atom stereocenters. The highest BCUT2D eigenvalue weighted by molar-refractivity contribution is 9.10. The van der Waals surface area contributed by atoms with Crippen molar-refractivity contribution < 1.29 is 4.79 Å². The molecule has 1 aromatic carbocycles. The summed E-state index contributed by atoms with van der Waals surface area (Å²) in [4.78, 5) is 14.3. The van der Waals surface area contributed by atoms with Crippen LogP contribution in [0, 0.1) is 6.92 Å². The standard InChI is InChI=1S/C14H19BrN2O/c1-3-16-13-5-4-8-17(14(13)18)11-7-6-10(2)12(15)9-11/h6-7,9,13,16H,3-5,8H2,1-2H3. The molecule has 0 bridgehead atoms. The van der Waals surface area contributed by atoms with E-state index in [1.807, 2.05) is 36.9 Å². The number of carbonyl (C=O) groups excluding carboxylic acids is 1. The van der Waals surface area contributed by atoms with Crippen LogP contribution in [0.15, 0.2) is 22.7 Å². The highest BCUT2D eigenvalue weighted by atomic mass is 79.9.